The number of aliphatic hydroxyl groups excluding tert-OH is 1. The maximum Gasteiger partial charge on any atom is 0.379 e. The average Bonchev–Trinajstić information content (AvgIpc) is 2.30. The lowest BCUT2D eigenvalue weighted by Crippen LogP contribution is -2.15. The van der Waals surface area contributed by atoms with E-state index < -0.39 is 11.8 Å². The highest BCUT2D eigenvalue weighted by atomic mass is 16.5. The highest BCUT2D eigenvalue weighted by molar-refractivity contribution is 6.39. The topological polar surface area (TPSA) is 76.5 Å². The summed E-state index contributed by atoms with van der Waals surface area (Å²) < 4.78 is 4.48. The second kappa shape index (κ2) is 5.65. The molecule has 0 radical (unpaired) electrons. The number of hydrogen-bond acceptors (Lipinski definition) is 5. The van der Waals surface area contributed by atoms with Gasteiger partial charge in [-0.2, -0.15) is 0 Å². The molecule has 1 rings (SSSR count). The number of nitrogens with zero attached hydrogens (tertiary/aromatic N) is 1. The third kappa shape index (κ3) is 3.20. The summed E-state index contributed by atoms with van der Waals surface area (Å²) in [6.45, 7) is 1.71. The van der Waals surface area contributed by atoms with Crippen LogP contribution in [0, 0.1) is 0 Å². The molecule has 0 spiro atoms. The SMILES string of the molecule is CCOC(=O)C(=O)/C=C(/O)c1ccncc1. The summed E-state index contributed by atoms with van der Waals surface area (Å²) in [7, 11) is 0. The Labute approximate surface area is 92.4 Å². The number of ketones is 1. The quantitative estimate of drug-likeness (QED) is 0.356. The number of hydrogen-bond donors (Lipinski definition) is 1. The smallest absolute Gasteiger partial charge is 0.379 e. The zero-order valence-electron chi connectivity index (χ0n) is 8.71. The van der Waals surface area contributed by atoms with Crippen molar-refractivity contribution in [2.75, 3.05) is 6.61 Å². The van der Waals surface area contributed by atoms with Gasteiger partial charge in [-0.05, 0) is 19.1 Å². The minimum Gasteiger partial charge on any atom is -0.507 e. The first kappa shape index (κ1) is 11.9. The Balaban J connectivity index is 2.78. The molecule has 0 aliphatic heterocycles. The van der Waals surface area contributed by atoms with Crippen LogP contribution in [0.2, 0.25) is 0 Å². The fourth-order valence-corrected chi connectivity index (χ4v) is 0.991. The van der Waals surface area contributed by atoms with Crippen LogP contribution in [0.25, 0.3) is 5.76 Å². The van der Waals surface area contributed by atoms with E-state index in [-0.39, 0.29) is 12.4 Å². The summed E-state index contributed by atoms with van der Waals surface area (Å²) >= 11 is 0. The summed E-state index contributed by atoms with van der Waals surface area (Å²) in [6.07, 6.45) is 3.76. The molecule has 1 aromatic rings. The predicted octanol–water partition coefficient (Wildman–Crippen LogP) is 1.11. The molecule has 0 saturated carbocycles. The molecule has 1 heterocycles. The van der Waals surface area contributed by atoms with Gasteiger partial charge in [-0.15, -0.1) is 0 Å². The number of esters is 1. The van der Waals surface area contributed by atoms with Crippen LogP contribution in [0.5, 0.6) is 0 Å². The molecular weight excluding hydrogens is 210 g/mol. The largest absolute Gasteiger partial charge is 0.507 e. The maximum atomic E-state index is 11.2. The Morgan fingerprint density at radius 2 is 2.06 bits per heavy atom. The third-order valence-electron chi connectivity index (χ3n) is 1.72. The van der Waals surface area contributed by atoms with Crippen molar-refractivity contribution in [3.63, 3.8) is 0 Å². The van der Waals surface area contributed by atoms with Gasteiger partial charge in [-0.1, -0.05) is 0 Å². The summed E-state index contributed by atoms with van der Waals surface area (Å²) in [4.78, 5) is 25.9. The zero-order valence-corrected chi connectivity index (χ0v) is 8.71. The molecule has 84 valence electrons. The normalized spacial score (nSPS) is 10.9. The number of rotatable bonds is 4. The number of carbonyl (C=O) groups is 2. The van der Waals surface area contributed by atoms with Gasteiger partial charge in [0.1, 0.15) is 5.76 Å². The summed E-state index contributed by atoms with van der Waals surface area (Å²) in [6, 6.07) is 3.04. The fraction of sp³-hybridized carbons (Fsp3) is 0.182. The Morgan fingerprint density at radius 1 is 1.44 bits per heavy atom. The van der Waals surface area contributed by atoms with Gasteiger partial charge in [0, 0.05) is 24.0 Å². The number of aromatic nitrogens is 1. The molecule has 5 heteroatoms. The number of ether oxygens (including phenoxy) is 1. The summed E-state index contributed by atoms with van der Waals surface area (Å²) in [5.74, 6) is -2.17. The van der Waals surface area contributed by atoms with Gasteiger partial charge in [0.25, 0.3) is 5.78 Å². The predicted molar refractivity (Wildman–Crippen MR) is 56.5 cm³/mol. The monoisotopic (exact) mass is 221 g/mol. The molecule has 0 aromatic carbocycles. The van der Waals surface area contributed by atoms with Crippen LogP contribution in [-0.4, -0.2) is 28.4 Å². The van der Waals surface area contributed by atoms with Gasteiger partial charge in [-0.25, -0.2) is 4.79 Å². The minimum atomic E-state index is -0.983. The van der Waals surface area contributed by atoms with E-state index in [1.54, 1.807) is 6.92 Å². The maximum absolute atomic E-state index is 11.2. The molecule has 0 atom stereocenters. The van der Waals surface area contributed by atoms with E-state index in [0.29, 0.717) is 5.56 Å². The van der Waals surface area contributed by atoms with Crippen LogP contribution in [-0.2, 0) is 14.3 Å². The number of carbonyl (C=O) groups excluding carboxylic acids is 2. The van der Waals surface area contributed by atoms with Crippen LogP contribution in [0.4, 0.5) is 0 Å². The standard InChI is InChI=1S/C11H11NO4/c1-2-16-11(15)10(14)7-9(13)8-3-5-12-6-4-8/h3-7,13H,2H2,1H3/b9-7+. The van der Waals surface area contributed by atoms with Crippen molar-refractivity contribution in [2.45, 2.75) is 6.92 Å². The van der Waals surface area contributed by atoms with Crippen molar-refractivity contribution in [3.05, 3.63) is 36.2 Å². The first-order chi connectivity index (χ1) is 7.65. The first-order valence-corrected chi connectivity index (χ1v) is 4.67. The molecule has 0 saturated heterocycles. The molecule has 0 aliphatic carbocycles. The van der Waals surface area contributed by atoms with Crippen LogP contribution in [0.3, 0.4) is 0 Å². The van der Waals surface area contributed by atoms with E-state index in [1.807, 2.05) is 0 Å². The summed E-state index contributed by atoms with van der Waals surface area (Å²) in [5.41, 5.74) is 0.410. The lowest BCUT2D eigenvalue weighted by molar-refractivity contribution is -0.151. The van der Waals surface area contributed by atoms with E-state index in [0.717, 1.165) is 6.08 Å². The average molecular weight is 221 g/mol. The third-order valence-corrected chi connectivity index (χ3v) is 1.72. The highest BCUT2D eigenvalue weighted by Gasteiger charge is 2.13. The van der Waals surface area contributed by atoms with E-state index in [4.69, 9.17) is 0 Å². The Bertz CT molecular complexity index is 411. The molecule has 1 aromatic heterocycles. The number of pyridine rings is 1. The number of aliphatic hydroxyl groups is 1. The zero-order chi connectivity index (χ0) is 12.0. The Morgan fingerprint density at radius 3 is 2.62 bits per heavy atom. The molecule has 0 fully saturated rings. The van der Waals surface area contributed by atoms with Crippen molar-refractivity contribution in [2.24, 2.45) is 0 Å². The van der Waals surface area contributed by atoms with Crippen molar-refractivity contribution in [3.8, 4) is 0 Å². The molecule has 1 N–H and O–H groups in total. The van der Waals surface area contributed by atoms with Crippen molar-refractivity contribution in [1.82, 2.24) is 4.98 Å². The Hall–Kier alpha value is -2.17. The lowest BCUT2D eigenvalue weighted by atomic mass is 10.2. The van der Waals surface area contributed by atoms with E-state index >= 15 is 0 Å². The lowest BCUT2D eigenvalue weighted by Gasteiger charge is -1.99. The molecule has 0 bridgehead atoms. The molecule has 5 nitrogen and oxygen atoms in total. The van der Waals surface area contributed by atoms with Crippen LogP contribution in [0.15, 0.2) is 30.6 Å². The molecular formula is C11H11NO4. The minimum absolute atomic E-state index is 0.119. The second-order valence-corrected chi connectivity index (χ2v) is 2.85. The first-order valence-electron chi connectivity index (χ1n) is 4.67. The van der Waals surface area contributed by atoms with Crippen LogP contribution in [0.1, 0.15) is 12.5 Å². The van der Waals surface area contributed by atoms with Crippen LogP contribution >= 0.6 is 0 Å². The van der Waals surface area contributed by atoms with Gasteiger partial charge >= 0.3 is 5.97 Å². The van der Waals surface area contributed by atoms with Gasteiger partial charge in [-0.3, -0.25) is 9.78 Å². The molecule has 0 amide bonds. The molecule has 0 aliphatic rings. The van der Waals surface area contributed by atoms with E-state index in [1.165, 1.54) is 24.5 Å². The van der Waals surface area contributed by atoms with E-state index in [2.05, 4.69) is 9.72 Å². The molecule has 0 unspecified atom stereocenters. The van der Waals surface area contributed by atoms with Gasteiger partial charge in [0.15, 0.2) is 0 Å². The second-order valence-electron chi connectivity index (χ2n) is 2.85. The summed E-state index contributed by atoms with van der Waals surface area (Å²) in [5, 5.41) is 9.51. The van der Waals surface area contributed by atoms with Gasteiger partial charge in [0.05, 0.1) is 6.61 Å². The van der Waals surface area contributed by atoms with Gasteiger partial charge < -0.3 is 9.84 Å². The molecule has 16 heavy (non-hydrogen) atoms. The van der Waals surface area contributed by atoms with Crippen molar-refractivity contribution < 1.29 is 19.4 Å². The highest BCUT2D eigenvalue weighted by Crippen LogP contribution is 2.09. The van der Waals surface area contributed by atoms with E-state index in [9.17, 15) is 14.7 Å². The van der Waals surface area contributed by atoms with Gasteiger partial charge in [0.2, 0.25) is 0 Å². The Kier molecular flexibility index (Phi) is 4.20. The van der Waals surface area contributed by atoms with Crippen molar-refractivity contribution >= 4 is 17.5 Å². The van der Waals surface area contributed by atoms with Crippen molar-refractivity contribution in [1.29, 1.82) is 0 Å². The fourth-order valence-electron chi connectivity index (χ4n) is 0.991. The van der Waals surface area contributed by atoms with Crippen LogP contribution < -0.4 is 0 Å².